The van der Waals surface area contributed by atoms with E-state index in [2.05, 4.69) is 42.0 Å². The SMILES string of the molecule is CNC(=O)CCCNC(=O)c1ccc(Cn2nc(C)c(NC(=O)c3cc(C(F)(F)F)nc4ccc(Br)cc34)c2C)cc1. The minimum Gasteiger partial charge on any atom is -0.359 e. The third-order valence-corrected chi connectivity index (χ3v) is 7.11. The maximum Gasteiger partial charge on any atom is 0.433 e. The minimum absolute atomic E-state index is 0.0448. The van der Waals surface area contributed by atoms with Crippen LogP contribution in [0.25, 0.3) is 10.9 Å². The number of pyridine rings is 1. The summed E-state index contributed by atoms with van der Waals surface area (Å²) in [5, 5.41) is 12.8. The number of rotatable bonds is 9. The molecule has 0 spiro atoms. The Bertz CT molecular complexity index is 1650. The Hall–Kier alpha value is -4.26. The largest absolute Gasteiger partial charge is 0.433 e. The summed E-state index contributed by atoms with van der Waals surface area (Å²) in [6.07, 6.45) is -3.87. The second kappa shape index (κ2) is 12.7. The van der Waals surface area contributed by atoms with Crippen LogP contribution in [0.15, 0.2) is 53.0 Å². The van der Waals surface area contributed by atoms with Crippen molar-refractivity contribution in [1.82, 2.24) is 25.4 Å². The molecule has 0 saturated heterocycles. The van der Waals surface area contributed by atoms with Gasteiger partial charge in [0, 0.05) is 35.4 Å². The first-order valence-corrected chi connectivity index (χ1v) is 13.8. The average Bonchev–Trinajstić information content (AvgIpc) is 3.21. The molecule has 13 heteroatoms. The molecule has 0 radical (unpaired) electrons. The molecule has 0 unspecified atom stereocenters. The fraction of sp³-hybridized carbons (Fsp3) is 0.276. The fourth-order valence-electron chi connectivity index (χ4n) is 4.36. The van der Waals surface area contributed by atoms with Crippen LogP contribution in [-0.4, -0.2) is 46.1 Å². The molecule has 0 fully saturated rings. The molecule has 4 aromatic rings. The molecule has 3 amide bonds. The topological polar surface area (TPSA) is 118 Å². The van der Waals surface area contributed by atoms with Gasteiger partial charge < -0.3 is 16.0 Å². The van der Waals surface area contributed by atoms with Crippen LogP contribution in [0, 0.1) is 13.8 Å². The maximum absolute atomic E-state index is 13.5. The summed E-state index contributed by atoms with van der Waals surface area (Å²) in [5.41, 5.74) is 1.52. The third-order valence-electron chi connectivity index (χ3n) is 6.62. The van der Waals surface area contributed by atoms with E-state index in [1.165, 1.54) is 6.07 Å². The number of anilines is 1. The summed E-state index contributed by atoms with van der Waals surface area (Å²) < 4.78 is 42.8. The van der Waals surface area contributed by atoms with Gasteiger partial charge in [0.1, 0.15) is 5.69 Å². The number of hydrogen-bond acceptors (Lipinski definition) is 5. The van der Waals surface area contributed by atoms with E-state index in [4.69, 9.17) is 0 Å². The van der Waals surface area contributed by atoms with Crippen LogP contribution in [0.5, 0.6) is 0 Å². The monoisotopic (exact) mass is 644 g/mol. The normalized spacial score (nSPS) is 11.4. The number of carbonyl (C=O) groups is 3. The molecule has 0 aliphatic rings. The highest BCUT2D eigenvalue weighted by molar-refractivity contribution is 9.10. The van der Waals surface area contributed by atoms with E-state index in [1.807, 2.05) is 0 Å². The van der Waals surface area contributed by atoms with Gasteiger partial charge in [0.2, 0.25) is 5.91 Å². The molecular weight excluding hydrogens is 617 g/mol. The van der Waals surface area contributed by atoms with Gasteiger partial charge in [-0.25, -0.2) is 4.98 Å². The zero-order valence-electron chi connectivity index (χ0n) is 23.0. The molecule has 0 bridgehead atoms. The first-order chi connectivity index (χ1) is 19.9. The van der Waals surface area contributed by atoms with Crippen molar-refractivity contribution in [3.8, 4) is 0 Å². The summed E-state index contributed by atoms with van der Waals surface area (Å²) in [5.74, 6) is -1.06. The van der Waals surface area contributed by atoms with Crippen molar-refractivity contribution in [2.45, 2.75) is 39.4 Å². The Morgan fingerprint density at radius 1 is 1.00 bits per heavy atom. The molecule has 0 aliphatic carbocycles. The van der Waals surface area contributed by atoms with Gasteiger partial charge in [-0.15, -0.1) is 0 Å². The highest BCUT2D eigenvalue weighted by Crippen LogP contribution is 2.32. The predicted octanol–water partition coefficient (Wildman–Crippen LogP) is 5.39. The molecule has 0 aliphatic heterocycles. The molecule has 2 aromatic carbocycles. The Morgan fingerprint density at radius 3 is 2.38 bits per heavy atom. The molecule has 3 N–H and O–H groups in total. The Balaban J connectivity index is 1.49. The van der Waals surface area contributed by atoms with Crippen molar-refractivity contribution >= 4 is 50.2 Å². The molecule has 0 atom stereocenters. The maximum atomic E-state index is 13.5. The lowest BCUT2D eigenvalue weighted by atomic mass is 10.1. The lowest BCUT2D eigenvalue weighted by molar-refractivity contribution is -0.141. The van der Waals surface area contributed by atoms with Crippen molar-refractivity contribution in [3.05, 3.63) is 86.8 Å². The first-order valence-electron chi connectivity index (χ1n) is 13.0. The van der Waals surface area contributed by atoms with Crippen molar-refractivity contribution in [2.75, 3.05) is 18.9 Å². The Kier molecular flexibility index (Phi) is 9.30. The lowest BCUT2D eigenvalue weighted by Crippen LogP contribution is -2.26. The molecule has 42 heavy (non-hydrogen) atoms. The van der Waals surface area contributed by atoms with E-state index < -0.39 is 17.8 Å². The van der Waals surface area contributed by atoms with Gasteiger partial charge in [-0.05, 0) is 62.2 Å². The van der Waals surface area contributed by atoms with Crippen LogP contribution >= 0.6 is 15.9 Å². The Morgan fingerprint density at radius 2 is 1.71 bits per heavy atom. The van der Waals surface area contributed by atoms with Crippen molar-refractivity contribution in [3.63, 3.8) is 0 Å². The summed E-state index contributed by atoms with van der Waals surface area (Å²) in [7, 11) is 1.56. The number of benzene rings is 2. The number of carbonyl (C=O) groups excluding carboxylic acids is 3. The van der Waals surface area contributed by atoms with E-state index in [0.717, 1.165) is 11.6 Å². The van der Waals surface area contributed by atoms with Crippen LogP contribution in [-0.2, 0) is 17.5 Å². The van der Waals surface area contributed by atoms with Crippen LogP contribution in [0.4, 0.5) is 18.9 Å². The number of nitrogens with one attached hydrogen (secondary N) is 3. The number of aryl methyl sites for hydroxylation is 1. The number of fused-ring (bicyclic) bond motifs is 1. The number of amides is 3. The number of nitrogens with zero attached hydrogens (tertiary/aromatic N) is 3. The van der Waals surface area contributed by atoms with Crippen molar-refractivity contribution < 1.29 is 27.6 Å². The van der Waals surface area contributed by atoms with Gasteiger partial charge in [0.05, 0.1) is 34.7 Å². The summed E-state index contributed by atoms with van der Waals surface area (Å²) in [4.78, 5) is 40.7. The molecule has 2 aromatic heterocycles. The van der Waals surface area contributed by atoms with Gasteiger partial charge in [0.15, 0.2) is 0 Å². The van der Waals surface area contributed by atoms with Crippen molar-refractivity contribution in [2.24, 2.45) is 0 Å². The zero-order chi connectivity index (χ0) is 30.6. The highest BCUT2D eigenvalue weighted by atomic mass is 79.9. The number of alkyl halides is 3. The van der Waals surface area contributed by atoms with E-state index >= 15 is 0 Å². The van der Waals surface area contributed by atoms with Crippen LogP contribution in [0.2, 0.25) is 0 Å². The Labute approximate surface area is 248 Å². The molecule has 220 valence electrons. The fourth-order valence-corrected chi connectivity index (χ4v) is 4.72. The quantitative estimate of drug-likeness (QED) is 0.211. The van der Waals surface area contributed by atoms with Crippen molar-refractivity contribution in [1.29, 1.82) is 0 Å². The summed E-state index contributed by atoms with van der Waals surface area (Å²) >= 11 is 3.30. The standard InChI is InChI=1S/C29H28BrF3N6O3/c1-16-26(37-28(42)22-14-24(29(31,32)33)36-23-11-10-20(30)13-21(22)23)17(2)39(38-16)15-18-6-8-19(9-7-18)27(41)35-12-4-5-25(40)34-3/h6-11,13-14H,4-5,12,15H2,1-3H3,(H,34,40)(H,35,41)(H,37,42). The highest BCUT2D eigenvalue weighted by Gasteiger charge is 2.34. The van der Waals surface area contributed by atoms with Gasteiger partial charge in [-0.2, -0.15) is 18.3 Å². The van der Waals surface area contributed by atoms with E-state index in [1.54, 1.807) is 62.0 Å². The van der Waals surface area contributed by atoms with E-state index in [-0.39, 0.29) is 28.3 Å². The van der Waals surface area contributed by atoms with Crippen LogP contribution in [0.3, 0.4) is 0 Å². The molecule has 4 rings (SSSR count). The van der Waals surface area contributed by atoms with E-state index in [0.29, 0.717) is 53.0 Å². The molecule has 0 saturated carbocycles. The minimum atomic E-state index is -4.73. The second-order valence-electron chi connectivity index (χ2n) is 9.60. The lowest BCUT2D eigenvalue weighted by Gasteiger charge is -2.13. The second-order valence-corrected chi connectivity index (χ2v) is 10.5. The zero-order valence-corrected chi connectivity index (χ0v) is 24.6. The smallest absolute Gasteiger partial charge is 0.359 e. The average molecular weight is 645 g/mol. The van der Waals surface area contributed by atoms with Gasteiger partial charge in [0.25, 0.3) is 11.8 Å². The van der Waals surface area contributed by atoms with Gasteiger partial charge in [-0.1, -0.05) is 28.1 Å². The number of aromatic nitrogens is 3. The van der Waals surface area contributed by atoms with Crippen LogP contribution < -0.4 is 16.0 Å². The van der Waals surface area contributed by atoms with Gasteiger partial charge >= 0.3 is 6.18 Å². The molecule has 9 nitrogen and oxygen atoms in total. The summed E-state index contributed by atoms with van der Waals surface area (Å²) in [6.45, 7) is 4.15. The van der Waals surface area contributed by atoms with Gasteiger partial charge in [-0.3, -0.25) is 19.1 Å². The number of hydrogen-bond donors (Lipinski definition) is 3. The first kappa shape index (κ1) is 30.7. The van der Waals surface area contributed by atoms with E-state index in [9.17, 15) is 27.6 Å². The van der Waals surface area contributed by atoms with Crippen LogP contribution in [0.1, 0.15) is 56.2 Å². The third kappa shape index (κ3) is 7.14. The predicted molar refractivity (Wildman–Crippen MR) is 155 cm³/mol. The number of halogens is 4. The molecule has 2 heterocycles. The summed E-state index contributed by atoms with van der Waals surface area (Å²) in [6, 6.07) is 12.2. The molecular formula is C29H28BrF3N6O3.